The Morgan fingerprint density at radius 1 is 0.922 bits per heavy atom. The van der Waals surface area contributed by atoms with Crippen LogP contribution in [0, 0.1) is 6.92 Å². The molecule has 1 aromatic heterocycles. The molecule has 3 aliphatic rings. The zero-order valence-electron chi connectivity index (χ0n) is 30.0. The van der Waals surface area contributed by atoms with Crippen LogP contribution in [0.5, 0.6) is 5.75 Å². The van der Waals surface area contributed by atoms with Gasteiger partial charge in [-0.05, 0) is 114 Å². The van der Waals surface area contributed by atoms with E-state index in [4.69, 9.17) is 9.72 Å². The molecule has 4 aromatic rings. The van der Waals surface area contributed by atoms with E-state index in [-0.39, 0.29) is 22.6 Å². The molecule has 7 rings (SSSR count). The molecule has 3 unspecified atom stereocenters. The lowest BCUT2D eigenvalue weighted by Gasteiger charge is -2.45. The van der Waals surface area contributed by atoms with Crippen molar-refractivity contribution >= 4 is 34.3 Å². The van der Waals surface area contributed by atoms with E-state index < -0.39 is 22.9 Å². The van der Waals surface area contributed by atoms with Crippen LogP contribution in [0.25, 0.3) is 11.0 Å². The molecule has 51 heavy (non-hydrogen) atoms. The maximum Gasteiger partial charge on any atom is 0.429 e. The average molecular weight is 712 g/mol. The normalized spacial score (nSPS) is 22.5. The molecular formula is C40H49N5O5S. The van der Waals surface area contributed by atoms with Crippen LogP contribution in [-0.4, -0.2) is 81.7 Å². The lowest BCUT2D eigenvalue weighted by molar-refractivity contribution is 0.0604. The highest BCUT2D eigenvalue weighted by molar-refractivity contribution is 7.77. The molecular weight excluding hydrogens is 663 g/mol. The van der Waals surface area contributed by atoms with Crippen molar-refractivity contribution in [1.82, 2.24) is 23.7 Å². The number of hydrogen-bond acceptors (Lipinski definition) is 6. The number of hydrogen-bond donors (Lipinski definition) is 1. The first kappa shape index (κ1) is 35.3. The summed E-state index contributed by atoms with van der Waals surface area (Å²) in [6.45, 7) is 9.25. The highest BCUT2D eigenvalue weighted by Gasteiger charge is 2.44. The standard InChI is InChI=1S/C40H49N5O5S/c1-28-41-34-15-9-10-16-35(34)44(28)32-26-30-18-19-31(27-32)43(30)25-22-40(29-12-6-5-7-13-29)20-23-42(24-21-40)37(46)33-14-8-11-17-36(33)50-38(47)45(51(48)49)39(2,3)4/h5-17,30-32H,18-27H2,1-4H3,(H,48,49). The molecule has 270 valence electrons. The summed E-state index contributed by atoms with van der Waals surface area (Å²) < 4.78 is 30.6. The largest absolute Gasteiger partial charge is 0.429 e. The molecule has 0 radical (unpaired) electrons. The van der Waals surface area contributed by atoms with E-state index in [9.17, 15) is 18.4 Å². The topological polar surface area (TPSA) is 108 Å². The molecule has 3 saturated heterocycles. The van der Waals surface area contributed by atoms with Crippen LogP contribution >= 0.6 is 0 Å². The number of carbonyl (C=O) groups is 2. The molecule has 0 saturated carbocycles. The summed E-state index contributed by atoms with van der Waals surface area (Å²) in [6.07, 6.45) is 6.46. The van der Waals surface area contributed by atoms with Crippen molar-refractivity contribution in [3.63, 3.8) is 0 Å². The van der Waals surface area contributed by atoms with Gasteiger partial charge in [0.2, 0.25) is 0 Å². The predicted molar refractivity (Wildman–Crippen MR) is 199 cm³/mol. The number of aryl methyl sites for hydroxylation is 1. The molecule has 2 bridgehead atoms. The second kappa shape index (κ2) is 14.2. The van der Waals surface area contributed by atoms with Crippen molar-refractivity contribution in [2.24, 2.45) is 0 Å². The van der Waals surface area contributed by atoms with Gasteiger partial charge in [0, 0.05) is 31.2 Å². The first-order chi connectivity index (χ1) is 24.4. The Morgan fingerprint density at radius 2 is 1.55 bits per heavy atom. The fraction of sp³-hybridized carbons (Fsp3) is 0.475. The van der Waals surface area contributed by atoms with Crippen molar-refractivity contribution in [3.8, 4) is 5.75 Å². The summed E-state index contributed by atoms with van der Waals surface area (Å²) in [5.41, 5.74) is 2.88. The first-order valence-electron chi connectivity index (χ1n) is 18.2. The van der Waals surface area contributed by atoms with Gasteiger partial charge in [0.15, 0.2) is 0 Å². The van der Waals surface area contributed by atoms with Crippen LogP contribution in [0.15, 0.2) is 78.9 Å². The van der Waals surface area contributed by atoms with Gasteiger partial charge in [0.05, 0.1) is 22.1 Å². The molecule has 4 heterocycles. The number of likely N-dealkylation sites (tertiary alicyclic amines) is 1. The molecule has 11 heteroatoms. The molecule has 3 fully saturated rings. The van der Waals surface area contributed by atoms with Crippen molar-refractivity contribution in [2.75, 3.05) is 19.6 Å². The van der Waals surface area contributed by atoms with Gasteiger partial charge in [-0.15, -0.1) is 0 Å². The lowest BCUT2D eigenvalue weighted by Crippen LogP contribution is -2.49. The van der Waals surface area contributed by atoms with E-state index in [1.165, 1.54) is 23.9 Å². The van der Waals surface area contributed by atoms with Crippen molar-refractivity contribution in [1.29, 1.82) is 0 Å². The number of amides is 2. The number of benzene rings is 3. The summed E-state index contributed by atoms with van der Waals surface area (Å²) in [4.78, 5) is 36.5. The fourth-order valence-corrected chi connectivity index (χ4v) is 9.65. The molecule has 3 atom stereocenters. The van der Waals surface area contributed by atoms with Crippen LogP contribution in [0.3, 0.4) is 0 Å². The summed E-state index contributed by atoms with van der Waals surface area (Å²) in [7, 11) is 0. The third-order valence-corrected chi connectivity index (χ3v) is 12.5. The number of para-hydroxylation sites is 3. The van der Waals surface area contributed by atoms with E-state index in [1.807, 2.05) is 4.90 Å². The van der Waals surface area contributed by atoms with E-state index in [2.05, 4.69) is 71.0 Å². The minimum Gasteiger partial charge on any atom is -0.409 e. The molecule has 3 aromatic carbocycles. The Balaban J connectivity index is 1.04. The number of imidazole rings is 1. The number of rotatable bonds is 8. The number of ether oxygens (including phenoxy) is 1. The zero-order valence-corrected chi connectivity index (χ0v) is 30.8. The van der Waals surface area contributed by atoms with E-state index in [0.717, 1.165) is 54.3 Å². The molecule has 0 aliphatic carbocycles. The Hall–Kier alpha value is -4.06. The first-order valence-corrected chi connectivity index (χ1v) is 19.3. The Bertz CT molecular complexity index is 1900. The second-order valence-electron chi connectivity index (χ2n) is 15.5. The van der Waals surface area contributed by atoms with Gasteiger partial charge in [-0.2, -0.15) is 4.31 Å². The summed E-state index contributed by atoms with van der Waals surface area (Å²) in [5, 5.41) is 0. The van der Waals surface area contributed by atoms with Crippen molar-refractivity contribution in [2.45, 2.75) is 102 Å². The maximum absolute atomic E-state index is 14.0. The molecule has 2 amide bonds. The van der Waals surface area contributed by atoms with Crippen LogP contribution in [0.1, 0.15) is 93.5 Å². The summed E-state index contributed by atoms with van der Waals surface area (Å²) in [5.74, 6) is 0.965. The minimum atomic E-state index is -2.59. The molecule has 1 N–H and O–H groups in total. The zero-order chi connectivity index (χ0) is 35.9. The molecule has 10 nitrogen and oxygen atoms in total. The summed E-state index contributed by atoms with van der Waals surface area (Å²) >= 11 is -2.59. The van der Waals surface area contributed by atoms with Gasteiger partial charge < -0.3 is 14.2 Å². The van der Waals surface area contributed by atoms with Gasteiger partial charge in [-0.3, -0.25) is 14.2 Å². The number of aromatic nitrogens is 2. The fourth-order valence-electron chi connectivity index (χ4n) is 9.01. The average Bonchev–Trinajstić information content (AvgIpc) is 3.57. The third kappa shape index (κ3) is 6.95. The Labute approximate surface area is 303 Å². The van der Waals surface area contributed by atoms with Gasteiger partial charge >= 0.3 is 6.09 Å². The SMILES string of the molecule is Cc1nc2ccccc2n1C1CC2CCC(C1)N2CCC1(c2ccccc2)CCN(C(=O)c2ccccc2OC(=O)N(S(=O)O)C(C)(C)C)CC1. The van der Waals surface area contributed by atoms with Crippen LogP contribution in [-0.2, 0) is 16.7 Å². The Morgan fingerprint density at radius 3 is 2.22 bits per heavy atom. The van der Waals surface area contributed by atoms with Gasteiger partial charge in [0.1, 0.15) is 11.6 Å². The van der Waals surface area contributed by atoms with Crippen LogP contribution in [0.4, 0.5) is 4.79 Å². The number of nitrogens with zero attached hydrogens (tertiary/aromatic N) is 5. The lowest BCUT2D eigenvalue weighted by atomic mass is 9.70. The summed E-state index contributed by atoms with van der Waals surface area (Å²) in [6, 6.07) is 27.5. The maximum atomic E-state index is 14.0. The van der Waals surface area contributed by atoms with E-state index >= 15 is 0 Å². The third-order valence-electron chi connectivity index (χ3n) is 11.5. The quantitative estimate of drug-likeness (QED) is 0.189. The second-order valence-corrected chi connectivity index (χ2v) is 16.3. The highest BCUT2D eigenvalue weighted by atomic mass is 32.2. The molecule has 0 spiro atoms. The Kier molecular flexibility index (Phi) is 9.82. The predicted octanol–water partition coefficient (Wildman–Crippen LogP) is 7.51. The van der Waals surface area contributed by atoms with E-state index in [0.29, 0.717) is 31.2 Å². The number of piperidine rings is 2. The number of carbonyl (C=O) groups excluding carboxylic acids is 2. The van der Waals surface area contributed by atoms with Crippen LogP contribution < -0.4 is 4.74 Å². The highest BCUT2D eigenvalue weighted by Crippen LogP contribution is 2.45. The van der Waals surface area contributed by atoms with Gasteiger partial charge in [-0.25, -0.2) is 14.0 Å². The number of fused-ring (bicyclic) bond motifs is 3. The molecule has 3 aliphatic heterocycles. The van der Waals surface area contributed by atoms with Gasteiger partial charge in [-0.1, -0.05) is 54.6 Å². The van der Waals surface area contributed by atoms with Crippen molar-refractivity contribution < 1.29 is 23.1 Å². The smallest absolute Gasteiger partial charge is 0.409 e. The minimum absolute atomic E-state index is 0.0597. The van der Waals surface area contributed by atoms with Crippen LogP contribution in [0.2, 0.25) is 0 Å². The van der Waals surface area contributed by atoms with E-state index in [1.54, 1.807) is 45.0 Å². The van der Waals surface area contributed by atoms with Gasteiger partial charge in [0.25, 0.3) is 17.2 Å². The van der Waals surface area contributed by atoms with Crippen molar-refractivity contribution in [3.05, 3.63) is 95.8 Å². The monoisotopic (exact) mass is 711 g/mol.